The van der Waals surface area contributed by atoms with Crippen molar-refractivity contribution in [1.29, 1.82) is 0 Å². The maximum atomic E-state index is 12.7. The van der Waals surface area contributed by atoms with Crippen molar-refractivity contribution < 1.29 is 30.9 Å². The van der Waals surface area contributed by atoms with Crippen LogP contribution in [0.5, 0.6) is 0 Å². The molecule has 0 amide bonds. The zero-order valence-corrected chi connectivity index (χ0v) is 6.52. The number of nitrogens with one attached hydrogen (secondary N) is 1. The van der Waals surface area contributed by atoms with Crippen LogP contribution in [-0.4, -0.2) is 17.3 Å². The van der Waals surface area contributed by atoms with Crippen LogP contribution in [0, 0.1) is 0 Å². The van der Waals surface area contributed by atoms with Crippen LogP contribution >= 0.6 is 0 Å². The highest BCUT2D eigenvalue weighted by Gasteiger charge is 2.61. The molecule has 1 unspecified atom stereocenters. The predicted molar refractivity (Wildman–Crippen MR) is 32.1 cm³/mol. The van der Waals surface area contributed by atoms with Crippen molar-refractivity contribution in [3.63, 3.8) is 0 Å². The molecule has 0 aliphatic carbocycles. The Labute approximate surface area is 74.2 Å². The largest absolute Gasteiger partial charge is 0.437 e. The number of hydrogen-bond donors (Lipinski definition) is 1. The molecule has 80 valence electrons. The van der Waals surface area contributed by atoms with E-state index in [-0.39, 0.29) is 4.57 Å². The molecule has 0 saturated heterocycles. The Morgan fingerprint density at radius 1 is 1.14 bits per heavy atom. The average molecular weight is 219 g/mol. The van der Waals surface area contributed by atoms with Gasteiger partial charge in [-0.3, -0.25) is 4.98 Å². The standard InChI is InChI=1S/C6H4F6N2/c7-4(5(8,9)10)6(11,12)14-2-1-13-3-14/h1-4H/p+1. The lowest BCUT2D eigenvalue weighted by molar-refractivity contribution is -0.833. The van der Waals surface area contributed by atoms with Gasteiger partial charge in [-0.25, -0.2) is 4.39 Å². The molecule has 0 spiro atoms. The molecule has 1 atom stereocenters. The SMILES string of the molecule is FC(C(F)(F)F)C(F)(F)[n+]1cc[nH]c1. The Morgan fingerprint density at radius 3 is 2.07 bits per heavy atom. The van der Waals surface area contributed by atoms with Gasteiger partial charge >= 0.3 is 18.4 Å². The number of rotatable bonds is 2. The number of H-pyrrole nitrogens is 1. The molecule has 0 radical (unpaired) electrons. The van der Waals surface area contributed by atoms with E-state index in [0.29, 0.717) is 12.5 Å². The van der Waals surface area contributed by atoms with E-state index in [1.54, 1.807) is 0 Å². The molecule has 0 saturated carbocycles. The topological polar surface area (TPSA) is 19.7 Å². The second-order valence-corrected chi connectivity index (χ2v) is 2.51. The Bertz CT molecular complexity index is 290. The molecule has 14 heavy (non-hydrogen) atoms. The van der Waals surface area contributed by atoms with E-state index in [1.807, 2.05) is 0 Å². The van der Waals surface area contributed by atoms with E-state index in [2.05, 4.69) is 4.98 Å². The van der Waals surface area contributed by atoms with Gasteiger partial charge in [0.2, 0.25) is 6.33 Å². The summed E-state index contributed by atoms with van der Waals surface area (Å²) in [6.45, 7) is 0. The molecule has 1 N–H and O–H groups in total. The minimum atomic E-state index is -5.59. The Balaban J connectivity index is 2.96. The van der Waals surface area contributed by atoms with Gasteiger partial charge in [-0.1, -0.05) is 0 Å². The molecular formula is C6H5F6N2+. The van der Waals surface area contributed by atoms with Gasteiger partial charge in [0, 0.05) is 0 Å². The minimum Gasteiger partial charge on any atom is -0.250 e. The Morgan fingerprint density at radius 2 is 1.71 bits per heavy atom. The predicted octanol–water partition coefficient (Wildman–Crippen LogP) is 1.75. The second kappa shape index (κ2) is 3.18. The van der Waals surface area contributed by atoms with Gasteiger partial charge in [0.05, 0.1) is 0 Å². The van der Waals surface area contributed by atoms with E-state index in [9.17, 15) is 26.3 Å². The van der Waals surface area contributed by atoms with Crippen LogP contribution in [-0.2, 0) is 6.05 Å². The van der Waals surface area contributed by atoms with Gasteiger partial charge in [0.15, 0.2) is 0 Å². The van der Waals surface area contributed by atoms with Crippen molar-refractivity contribution >= 4 is 0 Å². The van der Waals surface area contributed by atoms with Crippen molar-refractivity contribution in [3.05, 3.63) is 18.7 Å². The van der Waals surface area contributed by atoms with Crippen LogP contribution in [0.25, 0.3) is 0 Å². The lowest BCUT2D eigenvalue weighted by Gasteiger charge is -2.18. The summed E-state index contributed by atoms with van der Waals surface area (Å²) in [7, 11) is 0. The highest BCUT2D eigenvalue weighted by Crippen LogP contribution is 2.34. The van der Waals surface area contributed by atoms with Gasteiger partial charge in [-0.15, -0.1) is 0 Å². The third kappa shape index (κ3) is 1.83. The first-order valence-electron chi connectivity index (χ1n) is 3.39. The molecule has 1 heterocycles. The van der Waals surface area contributed by atoms with Gasteiger partial charge in [-0.2, -0.15) is 26.5 Å². The molecule has 1 aromatic rings. The normalized spacial score (nSPS) is 15.6. The number of alkyl halides is 6. The van der Waals surface area contributed by atoms with Crippen molar-refractivity contribution in [3.8, 4) is 0 Å². The first kappa shape index (κ1) is 10.9. The Hall–Kier alpha value is -1.21. The molecule has 0 aliphatic heterocycles. The molecule has 1 aromatic heterocycles. The van der Waals surface area contributed by atoms with Crippen LogP contribution in [0.3, 0.4) is 0 Å². The summed E-state index contributed by atoms with van der Waals surface area (Å²) in [5, 5.41) is 0. The third-order valence-corrected chi connectivity index (χ3v) is 1.48. The van der Waals surface area contributed by atoms with E-state index >= 15 is 0 Å². The maximum Gasteiger partial charge on any atom is 0.437 e. The Kier molecular flexibility index (Phi) is 2.47. The van der Waals surface area contributed by atoms with Crippen LogP contribution < -0.4 is 4.57 Å². The quantitative estimate of drug-likeness (QED) is 0.577. The summed E-state index contributed by atoms with van der Waals surface area (Å²) in [5.41, 5.74) is 0. The number of aromatic amines is 1. The van der Waals surface area contributed by atoms with E-state index in [1.165, 1.54) is 0 Å². The maximum absolute atomic E-state index is 12.7. The van der Waals surface area contributed by atoms with Crippen LogP contribution in [0.2, 0.25) is 0 Å². The molecule has 0 aromatic carbocycles. The molecule has 8 heteroatoms. The zero-order valence-electron chi connectivity index (χ0n) is 6.52. The average Bonchev–Trinajstić information content (AvgIpc) is 2.53. The number of hydrogen-bond acceptors (Lipinski definition) is 0. The smallest absolute Gasteiger partial charge is 0.250 e. The van der Waals surface area contributed by atoms with Crippen molar-refractivity contribution in [2.75, 3.05) is 0 Å². The lowest BCUT2D eigenvalue weighted by atomic mass is 10.3. The fraction of sp³-hybridized carbons (Fsp3) is 0.500. The number of nitrogens with zero attached hydrogens (tertiary/aromatic N) is 1. The summed E-state index contributed by atoms with van der Waals surface area (Å²) >= 11 is 0. The summed E-state index contributed by atoms with van der Waals surface area (Å²) in [6.07, 6.45) is -7.71. The van der Waals surface area contributed by atoms with E-state index in [4.69, 9.17) is 0 Å². The summed E-state index contributed by atoms with van der Waals surface area (Å²) in [6, 6.07) is -4.64. The van der Waals surface area contributed by atoms with Crippen molar-refractivity contribution in [2.45, 2.75) is 18.4 Å². The third-order valence-electron chi connectivity index (χ3n) is 1.48. The number of halogens is 6. The molecule has 0 bridgehead atoms. The van der Waals surface area contributed by atoms with Crippen LogP contribution in [0.4, 0.5) is 26.3 Å². The van der Waals surface area contributed by atoms with Gasteiger partial charge < -0.3 is 0 Å². The fourth-order valence-corrected chi connectivity index (χ4v) is 0.803. The van der Waals surface area contributed by atoms with Crippen LogP contribution in [0.1, 0.15) is 0 Å². The summed E-state index contributed by atoms with van der Waals surface area (Å²) in [4.78, 5) is 2.09. The molecule has 1 rings (SSSR count). The molecule has 0 fully saturated rings. The second-order valence-electron chi connectivity index (χ2n) is 2.51. The van der Waals surface area contributed by atoms with Crippen LogP contribution in [0.15, 0.2) is 18.7 Å². The highest BCUT2D eigenvalue weighted by atomic mass is 19.4. The lowest BCUT2D eigenvalue weighted by Crippen LogP contribution is -2.58. The monoisotopic (exact) mass is 219 g/mol. The van der Waals surface area contributed by atoms with Crippen molar-refractivity contribution in [1.82, 2.24) is 4.98 Å². The van der Waals surface area contributed by atoms with E-state index in [0.717, 1.165) is 6.20 Å². The van der Waals surface area contributed by atoms with Crippen molar-refractivity contribution in [2.24, 2.45) is 0 Å². The minimum absolute atomic E-state index is 0.175. The van der Waals surface area contributed by atoms with Gasteiger partial charge in [0.25, 0.3) is 0 Å². The van der Waals surface area contributed by atoms with Gasteiger partial charge in [-0.05, 0) is 0 Å². The highest BCUT2D eigenvalue weighted by molar-refractivity contribution is 4.72. The molecule has 2 nitrogen and oxygen atoms in total. The van der Waals surface area contributed by atoms with E-state index < -0.39 is 18.4 Å². The number of aromatic nitrogens is 2. The first-order valence-corrected chi connectivity index (χ1v) is 3.39. The molecule has 0 aliphatic rings. The van der Waals surface area contributed by atoms with Gasteiger partial charge in [0.1, 0.15) is 12.4 Å². The zero-order chi connectivity index (χ0) is 11.0. The fourth-order valence-electron chi connectivity index (χ4n) is 0.803. The summed E-state index contributed by atoms with van der Waals surface area (Å²) in [5.74, 6) is 0. The first-order chi connectivity index (χ1) is 6.26. The molecular weight excluding hydrogens is 214 g/mol. The summed E-state index contributed by atoms with van der Waals surface area (Å²) < 4.78 is 72.6. The number of imidazole rings is 1.